The summed E-state index contributed by atoms with van der Waals surface area (Å²) in [5.41, 5.74) is 0. The molecule has 4 nitrogen and oxygen atoms in total. The molecule has 0 amide bonds. The first-order chi connectivity index (χ1) is 1.41. The van der Waals surface area contributed by atoms with Gasteiger partial charge >= 0.3 is 76.2 Å². The van der Waals surface area contributed by atoms with Crippen molar-refractivity contribution < 1.29 is 88.4 Å². The third-order valence-corrected chi connectivity index (χ3v) is 0. The molecule has 0 fully saturated rings. The van der Waals surface area contributed by atoms with E-state index in [0.717, 1.165) is 0 Å². The minimum absolute atomic E-state index is 0. The molecular formula is C3H27B2Na2O4. The van der Waals surface area contributed by atoms with E-state index in [0.29, 0.717) is 0 Å². The van der Waals surface area contributed by atoms with Crippen molar-refractivity contribution >= 4 is 15.8 Å². The predicted molar refractivity (Wildman–Crippen MR) is 51.3 cm³/mol. The van der Waals surface area contributed by atoms with Gasteiger partial charge in [-0.25, -0.2) is 0 Å². The molecule has 0 rings (SSSR count). The first kappa shape index (κ1) is 129. The molecule has 4 N–H and O–H groups in total. The molecule has 71 valence electrons. The molecule has 0 saturated heterocycles. The first-order valence-corrected chi connectivity index (χ1v) is 0.471. The summed E-state index contributed by atoms with van der Waals surface area (Å²) in [5, 5.41) is 8.25. The predicted octanol–water partition coefficient (Wildman–Crippen LogP) is -6.46. The van der Waals surface area contributed by atoms with Crippen molar-refractivity contribution in [2.24, 2.45) is 0 Å². The van der Waals surface area contributed by atoms with E-state index in [1.165, 1.54) is 0 Å². The molecule has 0 saturated carbocycles. The van der Waals surface area contributed by atoms with Gasteiger partial charge in [-0.05, 0) is 0 Å². The molecule has 0 aromatic carbocycles. The molecule has 0 aliphatic carbocycles. The van der Waals surface area contributed by atoms with Gasteiger partial charge in [0.25, 0.3) is 0 Å². The number of rotatable bonds is 0. The van der Waals surface area contributed by atoms with Crippen LogP contribution in [0.2, 0.25) is 0 Å². The van der Waals surface area contributed by atoms with Crippen LogP contribution < -0.4 is 64.1 Å². The molecule has 0 aromatic heterocycles. The summed E-state index contributed by atoms with van der Waals surface area (Å²) in [7, 11) is -0.500. The van der Waals surface area contributed by atoms with E-state index in [1.807, 2.05) is 0 Å². The standard InChI is InChI=1S/3CH4.BO2.B.2Na.2H2O.5H2.H/c;;;2-1-3;;;;;;;;;;;/h3*1H4;;;;;2*1H2;5*1H;/q;;;-1;;2*+1;;;;;;;;-1. The Morgan fingerprint density at radius 2 is 1.09 bits per heavy atom. The first-order valence-electron chi connectivity index (χ1n) is 0.471. The van der Waals surface area contributed by atoms with Crippen LogP contribution in [0.4, 0.5) is 0 Å². The van der Waals surface area contributed by atoms with E-state index in [2.05, 4.69) is 0 Å². The zero-order valence-corrected chi connectivity index (χ0v) is 8.97. The van der Waals surface area contributed by atoms with Crippen LogP contribution in [0, 0.1) is 0 Å². The van der Waals surface area contributed by atoms with Crippen molar-refractivity contribution in [1.29, 1.82) is 0 Å². The zero-order valence-electron chi connectivity index (χ0n) is 5.97. The molecule has 0 spiro atoms. The van der Waals surface area contributed by atoms with Gasteiger partial charge in [-0.3, -0.25) is 0 Å². The average Bonchev–Trinajstić information content (AvgIpc) is 0.918. The second-order valence-corrected chi connectivity index (χ2v) is 0.0962. The molecule has 0 aliphatic heterocycles. The average molecular weight is 195 g/mol. The Morgan fingerprint density at radius 3 is 1.09 bits per heavy atom. The third-order valence-electron chi connectivity index (χ3n) is 0. The maximum atomic E-state index is 8.25. The molecule has 0 unspecified atom stereocenters. The van der Waals surface area contributed by atoms with Crippen LogP contribution in [-0.2, 0) is 4.70 Å². The maximum absolute atomic E-state index is 8.25. The van der Waals surface area contributed by atoms with Gasteiger partial charge in [0, 0.05) is 15.5 Å². The van der Waals surface area contributed by atoms with Crippen LogP contribution >= 0.6 is 0 Å². The van der Waals surface area contributed by atoms with E-state index in [-0.39, 0.29) is 109 Å². The van der Waals surface area contributed by atoms with Crippen LogP contribution in [0.25, 0.3) is 0 Å². The van der Waals surface area contributed by atoms with Crippen LogP contribution in [-0.4, -0.2) is 26.7 Å². The second-order valence-electron chi connectivity index (χ2n) is 0.0962. The molecule has 0 atom stereocenters. The van der Waals surface area contributed by atoms with Crippen molar-refractivity contribution in [3.8, 4) is 0 Å². The molecule has 8 heteroatoms. The summed E-state index contributed by atoms with van der Waals surface area (Å²) < 4.78 is 8.25. The number of hydrogen-bond acceptors (Lipinski definition) is 2. The minimum atomic E-state index is -0.500. The summed E-state index contributed by atoms with van der Waals surface area (Å²) in [6.45, 7) is 0. The normalized spacial score (nSPS) is 0.727. The van der Waals surface area contributed by atoms with Gasteiger partial charge in [-0.15, -0.1) is 0 Å². The Morgan fingerprint density at radius 1 is 1.09 bits per heavy atom. The molecule has 0 aromatic rings. The zero-order chi connectivity index (χ0) is 2.71. The number of hydrogen-bond donors (Lipinski definition) is 0. The summed E-state index contributed by atoms with van der Waals surface area (Å²) >= 11 is 0. The quantitative estimate of drug-likeness (QED) is 0.358. The van der Waals surface area contributed by atoms with Gasteiger partial charge in [0.15, 0.2) is 0 Å². The van der Waals surface area contributed by atoms with Gasteiger partial charge in [0.1, 0.15) is 0 Å². The van der Waals surface area contributed by atoms with Gasteiger partial charge in [0.05, 0.1) is 0 Å². The summed E-state index contributed by atoms with van der Waals surface area (Å²) in [4.78, 5) is 0. The molecule has 0 aliphatic rings. The van der Waals surface area contributed by atoms with Gasteiger partial charge in [-0.1, -0.05) is 22.3 Å². The van der Waals surface area contributed by atoms with E-state index < -0.39 is 7.35 Å². The van der Waals surface area contributed by atoms with E-state index in [1.54, 1.807) is 0 Å². The Hall–Kier alpha value is 1.65. The summed E-state index contributed by atoms with van der Waals surface area (Å²) in [5.74, 6) is 0. The fraction of sp³-hybridized carbons (Fsp3) is 1.00. The van der Waals surface area contributed by atoms with Crippen molar-refractivity contribution in [3.05, 3.63) is 0 Å². The van der Waals surface area contributed by atoms with Gasteiger partial charge in [-0.2, -0.15) is 0 Å². The van der Waals surface area contributed by atoms with E-state index >= 15 is 0 Å². The van der Waals surface area contributed by atoms with Gasteiger partial charge in [0.2, 0.25) is 0 Å². The fourth-order valence-corrected chi connectivity index (χ4v) is 0. The molecule has 11 heavy (non-hydrogen) atoms. The van der Waals surface area contributed by atoms with Crippen molar-refractivity contribution in [3.63, 3.8) is 0 Å². The Bertz CT molecular complexity index is 44.7. The Kier molecular flexibility index (Phi) is 2200. The topological polar surface area (TPSA) is 103 Å². The van der Waals surface area contributed by atoms with Crippen LogP contribution in [0.15, 0.2) is 0 Å². The summed E-state index contributed by atoms with van der Waals surface area (Å²) in [6, 6.07) is 0. The fourth-order valence-electron chi connectivity index (χ4n) is 0. The van der Waals surface area contributed by atoms with Crippen molar-refractivity contribution in [2.45, 2.75) is 22.3 Å². The Labute approximate surface area is 125 Å². The van der Waals surface area contributed by atoms with Crippen LogP contribution in [0.3, 0.4) is 0 Å². The van der Waals surface area contributed by atoms with Crippen molar-refractivity contribution in [2.75, 3.05) is 0 Å². The van der Waals surface area contributed by atoms with Crippen LogP contribution in [0.5, 0.6) is 0 Å². The van der Waals surface area contributed by atoms with Crippen LogP contribution in [0.1, 0.15) is 30.8 Å². The van der Waals surface area contributed by atoms with E-state index in [4.69, 9.17) is 9.73 Å². The third kappa shape index (κ3) is 399. The largest absolute Gasteiger partial charge is 1.00 e. The molecule has 0 heterocycles. The SMILES string of the molecule is C.C.C.O.O.O=B[O-].[B].[H-].[HH].[HH].[HH].[HH].[HH].[Na+].[Na+]. The maximum Gasteiger partial charge on any atom is 1.00 e. The Balaban J connectivity index is -0.000000000220. The molecule has 0 bridgehead atoms. The van der Waals surface area contributed by atoms with Gasteiger partial charge < -0.3 is 12.4 Å². The second kappa shape index (κ2) is 188. The molecular weight excluding hydrogens is 168 g/mol. The summed E-state index contributed by atoms with van der Waals surface area (Å²) in [6.07, 6.45) is 0. The minimum Gasteiger partial charge on any atom is -1.00 e. The van der Waals surface area contributed by atoms with E-state index in [9.17, 15) is 0 Å². The van der Waals surface area contributed by atoms with Crippen molar-refractivity contribution in [1.82, 2.24) is 0 Å². The monoisotopic (exact) mass is 195 g/mol. The molecule has 3 radical (unpaired) electrons. The smallest absolute Gasteiger partial charge is 1.00 e.